The van der Waals surface area contributed by atoms with Crippen LogP contribution in [0.15, 0.2) is 54.7 Å². The fourth-order valence-electron chi connectivity index (χ4n) is 2.31. The summed E-state index contributed by atoms with van der Waals surface area (Å²) in [5.41, 5.74) is 1.94. The van der Waals surface area contributed by atoms with Gasteiger partial charge in [0.1, 0.15) is 6.07 Å². The molecule has 0 atom stereocenters. The summed E-state index contributed by atoms with van der Waals surface area (Å²) in [6, 6.07) is 14.5. The second-order valence-corrected chi connectivity index (χ2v) is 5.70. The third-order valence-corrected chi connectivity index (χ3v) is 4.17. The molecule has 112 valence electrons. The van der Waals surface area contributed by atoms with Crippen LogP contribution < -0.4 is 0 Å². The lowest BCUT2D eigenvalue weighted by Crippen LogP contribution is -2.05. The number of hydrogen-bond donors (Lipinski definition) is 0. The van der Waals surface area contributed by atoms with Gasteiger partial charge in [0.2, 0.25) is 0 Å². The number of para-hydroxylation sites is 1. The lowest BCUT2D eigenvalue weighted by molar-refractivity contribution is 0.0974. The molecular formula is C18H10Cl2N2O. The van der Waals surface area contributed by atoms with E-state index < -0.39 is 0 Å². The van der Waals surface area contributed by atoms with Gasteiger partial charge in [-0.2, -0.15) is 5.26 Å². The Balaban J connectivity index is 1.96. The Labute approximate surface area is 143 Å². The molecule has 1 aromatic heterocycles. The van der Waals surface area contributed by atoms with Crippen LogP contribution in [0.5, 0.6) is 0 Å². The van der Waals surface area contributed by atoms with Crippen LogP contribution in [0.1, 0.15) is 15.9 Å². The van der Waals surface area contributed by atoms with Crippen molar-refractivity contribution in [3.05, 3.63) is 75.9 Å². The maximum atomic E-state index is 12.4. The van der Waals surface area contributed by atoms with Gasteiger partial charge in [-0.3, -0.25) is 9.36 Å². The Bertz CT molecular complexity index is 980. The monoisotopic (exact) mass is 340 g/mol. The number of nitrogens with zero attached hydrogens (tertiary/aromatic N) is 2. The zero-order valence-corrected chi connectivity index (χ0v) is 13.3. The molecule has 0 fully saturated rings. The van der Waals surface area contributed by atoms with E-state index in [0.717, 1.165) is 10.9 Å². The van der Waals surface area contributed by atoms with Crippen LogP contribution in [-0.4, -0.2) is 10.5 Å². The van der Waals surface area contributed by atoms with Gasteiger partial charge in [0.15, 0.2) is 0 Å². The van der Waals surface area contributed by atoms with Gasteiger partial charge in [-0.1, -0.05) is 47.5 Å². The van der Waals surface area contributed by atoms with Gasteiger partial charge < -0.3 is 0 Å². The molecule has 0 aliphatic carbocycles. The third-order valence-electron chi connectivity index (χ3n) is 3.43. The van der Waals surface area contributed by atoms with Crippen molar-refractivity contribution in [2.45, 2.75) is 0 Å². The van der Waals surface area contributed by atoms with Crippen molar-refractivity contribution in [3.8, 4) is 6.07 Å². The molecule has 5 heteroatoms. The van der Waals surface area contributed by atoms with Crippen molar-refractivity contribution < 1.29 is 4.79 Å². The number of rotatable bonds is 2. The number of nitriles is 1. The average Bonchev–Trinajstić information content (AvgIpc) is 2.94. The van der Waals surface area contributed by atoms with Gasteiger partial charge >= 0.3 is 0 Å². The standard InChI is InChI=1S/C18H10Cl2N2O/c19-15-7-5-12(9-16(15)20)6-8-18(23)22-11-13(10-21)14-3-1-2-4-17(14)22/h1-9,11H/b8-6+. The maximum absolute atomic E-state index is 12.4. The molecule has 0 N–H and O–H groups in total. The highest BCUT2D eigenvalue weighted by Gasteiger charge is 2.11. The highest BCUT2D eigenvalue weighted by atomic mass is 35.5. The van der Waals surface area contributed by atoms with Gasteiger partial charge in [-0.25, -0.2) is 0 Å². The lowest BCUT2D eigenvalue weighted by atomic mass is 10.2. The van der Waals surface area contributed by atoms with E-state index in [9.17, 15) is 10.1 Å². The molecule has 0 amide bonds. The smallest absolute Gasteiger partial charge is 0.255 e. The van der Waals surface area contributed by atoms with Crippen molar-refractivity contribution in [2.75, 3.05) is 0 Å². The van der Waals surface area contributed by atoms with Gasteiger partial charge in [-0.15, -0.1) is 0 Å². The number of benzene rings is 2. The van der Waals surface area contributed by atoms with Crippen LogP contribution in [0.25, 0.3) is 17.0 Å². The van der Waals surface area contributed by atoms with Crippen LogP contribution in [-0.2, 0) is 0 Å². The molecular weight excluding hydrogens is 331 g/mol. The molecule has 3 nitrogen and oxygen atoms in total. The molecule has 3 aromatic rings. The van der Waals surface area contributed by atoms with Crippen LogP contribution in [0.4, 0.5) is 0 Å². The minimum Gasteiger partial charge on any atom is -0.282 e. The summed E-state index contributed by atoms with van der Waals surface area (Å²) in [4.78, 5) is 12.4. The Hall–Kier alpha value is -2.54. The first kappa shape index (κ1) is 15.4. The summed E-state index contributed by atoms with van der Waals surface area (Å²) < 4.78 is 1.46. The summed E-state index contributed by atoms with van der Waals surface area (Å²) in [7, 11) is 0. The molecule has 0 aliphatic rings. The van der Waals surface area contributed by atoms with E-state index in [1.165, 1.54) is 10.6 Å². The zero-order chi connectivity index (χ0) is 16.4. The van der Waals surface area contributed by atoms with Gasteiger partial charge in [0.05, 0.1) is 21.1 Å². The van der Waals surface area contributed by atoms with Crippen molar-refractivity contribution in [1.29, 1.82) is 5.26 Å². The normalized spacial score (nSPS) is 11.0. The molecule has 0 spiro atoms. The first-order chi connectivity index (χ1) is 11.1. The molecule has 0 saturated heterocycles. The van der Waals surface area contributed by atoms with Crippen LogP contribution in [0, 0.1) is 11.3 Å². The minimum atomic E-state index is -0.242. The minimum absolute atomic E-state index is 0.242. The van der Waals surface area contributed by atoms with Crippen LogP contribution in [0.2, 0.25) is 10.0 Å². The van der Waals surface area contributed by atoms with Crippen molar-refractivity contribution in [3.63, 3.8) is 0 Å². The van der Waals surface area contributed by atoms with Gasteiger partial charge in [0.25, 0.3) is 5.91 Å². The lowest BCUT2D eigenvalue weighted by Gasteiger charge is -2.00. The first-order valence-corrected chi connectivity index (χ1v) is 7.53. The largest absolute Gasteiger partial charge is 0.282 e. The van der Waals surface area contributed by atoms with Crippen molar-refractivity contribution in [2.24, 2.45) is 0 Å². The van der Waals surface area contributed by atoms with Crippen molar-refractivity contribution in [1.82, 2.24) is 4.57 Å². The fraction of sp³-hybridized carbons (Fsp3) is 0. The van der Waals surface area contributed by atoms with Crippen molar-refractivity contribution >= 4 is 46.1 Å². The molecule has 0 aliphatic heterocycles. The van der Waals surface area contributed by atoms with E-state index in [-0.39, 0.29) is 5.91 Å². The molecule has 0 bridgehead atoms. The van der Waals surface area contributed by atoms with Gasteiger partial charge in [0, 0.05) is 17.7 Å². The zero-order valence-electron chi connectivity index (χ0n) is 11.8. The first-order valence-electron chi connectivity index (χ1n) is 6.78. The number of halogens is 2. The number of allylic oxidation sites excluding steroid dienone is 1. The van der Waals surface area contributed by atoms with Gasteiger partial charge in [-0.05, 0) is 29.8 Å². The predicted molar refractivity (Wildman–Crippen MR) is 92.8 cm³/mol. The highest BCUT2D eigenvalue weighted by Crippen LogP contribution is 2.24. The van der Waals surface area contributed by atoms with E-state index >= 15 is 0 Å². The van der Waals surface area contributed by atoms with E-state index in [1.807, 2.05) is 18.2 Å². The number of fused-ring (bicyclic) bond motifs is 1. The summed E-state index contributed by atoms with van der Waals surface area (Å²) in [5, 5.41) is 10.8. The topological polar surface area (TPSA) is 45.8 Å². The predicted octanol–water partition coefficient (Wildman–Crippen LogP) is 5.17. The summed E-state index contributed by atoms with van der Waals surface area (Å²) in [6.07, 6.45) is 4.64. The Kier molecular flexibility index (Phi) is 4.20. The van der Waals surface area contributed by atoms with E-state index in [1.54, 1.807) is 36.5 Å². The fourth-order valence-corrected chi connectivity index (χ4v) is 2.62. The van der Waals surface area contributed by atoms with E-state index in [4.69, 9.17) is 23.2 Å². The number of carbonyl (C=O) groups is 1. The molecule has 0 unspecified atom stereocenters. The summed E-state index contributed by atoms with van der Waals surface area (Å²) in [5.74, 6) is -0.242. The van der Waals surface area contributed by atoms with Crippen LogP contribution in [0.3, 0.4) is 0 Å². The quantitative estimate of drug-likeness (QED) is 0.604. The highest BCUT2D eigenvalue weighted by molar-refractivity contribution is 6.42. The summed E-state index contributed by atoms with van der Waals surface area (Å²) >= 11 is 11.8. The average molecular weight is 341 g/mol. The molecule has 1 heterocycles. The number of hydrogen-bond acceptors (Lipinski definition) is 2. The Morgan fingerprint density at radius 1 is 1.13 bits per heavy atom. The second kappa shape index (κ2) is 6.29. The maximum Gasteiger partial charge on any atom is 0.255 e. The molecule has 0 saturated carbocycles. The molecule has 0 radical (unpaired) electrons. The Morgan fingerprint density at radius 2 is 1.91 bits per heavy atom. The SMILES string of the molecule is N#Cc1cn(C(=O)/C=C/c2ccc(Cl)c(Cl)c2)c2ccccc12. The second-order valence-electron chi connectivity index (χ2n) is 4.89. The molecule has 3 rings (SSSR count). The molecule has 23 heavy (non-hydrogen) atoms. The summed E-state index contributed by atoms with van der Waals surface area (Å²) in [6.45, 7) is 0. The Morgan fingerprint density at radius 3 is 2.65 bits per heavy atom. The van der Waals surface area contributed by atoms with E-state index in [0.29, 0.717) is 21.1 Å². The third kappa shape index (κ3) is 3.00. The number of aromatic nitrogens is 1. The molecule has 2 aromatic carbocycles. The van der Waals surface area contributed by atoms with E-state index in [2.05, 4.69) is 6.07 Å². The van der Waals surface area contributed by atoms with Crippen LogP contribution >= 0.6 is 23.2 Å². The number of carbonyl (C=O) groups excluding carboxylic acids is 1.